The van der Waals surface area contributed by atoms with Crippen molar-refractivity contribution in [2.75, 3.05) is 18.9 Å². The summed E-state index contributed by atoms with van der Waals surface area (Å²) in [5.41, 5.74) is 3.81. The van der Waals surface area contributed by atoms with Gasteiger partial charge in [-0.1, -0.05) is 18.2 Å². The number of sulfonamides is 1. The molecular weight excluding hydrogens is 418 g/mol. The fourth-order valence-electron chi connectivity index (χ4n) is 2.67. The number of benzene rings is 3. The normalized spacial score (nSPS) is 11.2. The van der Waals surface area contributed by atoms with Gasteiger partial charge in [-0.15, -0.1) is 0 Å². The molecule has 160 valence electrons. The Morgan fingerprint density at radius 2 is 1.58 bits per heavy atom. The van der Waals surface area contributed by atoms with E-state index in [2.05, 4.69) is 15.2 Å². The predicted molar refractivity (Wildman–Crippen MR) is 118 cm³/mol. The zero-order valence-corrected chi connectivity index (χ0v) is 17.7. The molecule has 0 fully saturated rings. The van der Waals surface area contributed by atoms with E-state index < -0.39 is 15.9 Å². The van der Waals surface area contributed by atoms with E-state index in [4.69, 9.17) is 9.47 Å². The Balaban J connectivity index is 1.62. The molecule has 31 heavy (non-hydrogen) atoms. The van der Waals surface area contributed by atoms with Crippen LogP contribution in [-0.4, -0.2) is 34.8 Å². The van der Waals surface area contributed by atoms with Crippen LogP contribution in [0.1, 0.15) is 15.9 Å². The molecule has 0 aliphatic rings. The first-order valence-corrected chi connectivity index (χ1v) is 10.6. The second kappa shape index (κ2) is 9.77. The molecule has 0 bridgehead atoms. The van der Waals surface area contributed by atoms with E-state index in [1.165, 1.54) is 49.7 Å². The van der Waals surface area contributed by atoms with Gasteiger partial charge in [0.2, 0.25) is 0 Å². The SMILES string of the molecule is COc1ccc(/C=N\NC(=O)c2ccc(NS(=O)(=O)c3ccccc3)cc2)cc1OC. The van der Waals surface area contributed by atoms with Crippen LogP contribution in [-0.2, 0) is 10.0 Å². The quantitative estimate of drug-likeness (QED) is 0.414. The maximum atomic E-state index is 12.4. The number of amides is 1. The average Bonchev–Trinajstić information content (AvgIpc) is 2.79. The van der Waals surface area contributed by atoms with Gasteiger partial charge in [0.15, 0.2) is 11.5 Å². The van der Waals surface area contributed by atoms with Crippen molar-refractivity contribution in [3.8, 4) is 11.5 Å². The largest absolute Gasteiger partial charge is 0.493 e. The fraction of sp³-hybridized carbons (Fsp3) is 0.0909. The van der Waals surface area contributed by atoms with Crippen LogP contribution in [0.5, 0.6) is 11.5 Å². The minimum atomic E-state index is -3.70. The molecule has 0 saturated heterocycles. The maximum Gasteiger partial charge on any atom is 0.271 e. The number of carbonyl (C=O) groups excluding carboxylic acids is 1. The lowest BCUT2D eigenvalue weighted by molar-refractivity contribution is 0.0955. The van der Waals surface area contributed by atoms with E-state index in [1.807, 2.05) is 0 Å². The Morgan fingerprint density at radius 3 is 2.23 bits per heavy atom. The first kappa shape index (κ1) is 21.8. The van der Waals surface area contributed by atoms with Crippen LogP contribution in [0.25, 0.3) is 0 Å². The minimum absolute atomic E-state index is 0.154. The third-order valence-electron chi connectivity index (χ3n) is 4.24. The highest BCUT2D eigenvalue weighted by atomic mass is 32.2. The number of hydrogen-bond donors (Lipinski definition) is 2. The number of nitrogens with zero attached hydrogens (tertiary/aromatic N) is 1. The highest BCUT2D eigenvalue weighted by molar-refractivity contribution is 7.92. The standard InChI is InChI=1S/C22H21N3O5S/c1-29-20-13-8-16(14-21(20)30-2)15-23-24-22(26)17-9-11-18(12-10-17)25-31(27,28)19-6-4-3-5-7-19/h3-15,25H,1-2H3,(H,24,26)/b23-15-. The minimum Gasteiger partial charge on any atom is -0.493 e. The Morgan fingerprint density at radius 1 is 0.903 bits per heavy atom. The van der Waals surface area contributed by atoms with Crippen LogP contribution >= 0.6 is 0 Å². The molecule has 0 radical (unpaired) electrons. The zero-order valence-electron chi connectivity index (χ0n) is 16.9. The van der Waals surface area contributed by atoms with Crippen molar-refractivity contribution < 1.29 is 22.7 Å². The van der Waals surface area contributed by atoms with E-state index in [1.54, 1.807) is 43.5 Å². The number of methoxy groups -OCH3 is 2. The number of nitrogens with one attached hydrogen (secondary N) is 2. The van der Waals surface area contributed by atoms with Crippen LogP contribution in [0.2, 0.25) is 0 Å². The van der Waals surface area contributed by atoms with Crippen molar-refractivity contribution in [1.82, 2.24) is 5.43 Å². The molecule has 9 heteroatoms. The Hall–Kier alpha value is -3.85. The van der Waals surface area contributed by atoms with Gasteiger partial charge < -0.3 is 9.47 Å². The molecule has 0 heterocycles. The highest BCUT2D eigenvalue weighted by Gasteiger charge is 2.13. The molecule has 0 aromatic heterocycles. The molecule has 3 aromatic rings. The van der Waals surface area contributed by atoms with Crippen molar-refractivity contribution in [3.05, 3.63) is 83.9 Å². The van der Waals surface area contributed by atoms with Gasteiger partial charge in [0, 0.05) is 11.3 Å². The first-order valence-electron chi connectivity index (χ1n) is 9.16. The lowest BCUT2D eigenvalue weighted by Gasteiger charge is -2.08. The first-order chi connectivity index (χ1) is 14.9. The van der Waals surface area contributed by atoms with E-state index >= 15 is 0 Å². The fourth-order valence-corrected chi connectivity index (χ4v) is 3.75. The third-order valence-corrected chi connectivity index (χ3v) is 5.64. The van der Waals surface area contributed by atoms with Gasteiger partial charge >= 0.3 is 0 Å². The molecule has 3 aromatic carbocycles. The lowest BCUT2D eigenvalue weighted by atomic mass is 10.2. The van der Waals surface area contributed by atoms with Crippen LogP contribution in [0.3, 0.4) is 0 Å². The van der Waals surface area contributed by atoms with Crippen LogP contribution in [0.4, 0.5) is 5.69 Å². The summed E-state index contributed by atoms with van der Waals surface area (Å²) in [6, 6.07) is 19.3. The third kappa shape index (κ3) is 5.61. The molecule has 3 rings (SSSR count). The number of carbonyl (C=O) groups is 1. The Bertz CT molecular complexity index is 1180. The topological polar surface area (TPSA) is 106 Å². The highest BCUT2D eigenvalue weighted by Crippen LogP contribution is 2.26. The molecule has 0 atom stereocenters. The smallest absolute Gasteiger partial charge is 0.271 e. The summed E-state index contributed by atoms with van der Waals surface area (Å²) in [6.07, 6.45) is 1.47. The number of hydrazone groups is 1. The summed E-state index contributed by atoms with van der Waals surface area (Å²) in [7, 11) is -0.618. The Kier molecular flexibility index (Phi) is 6.88. The molecule has 0 aliphatic carbocycles. The van der Waals surface area contributed by atoms with Gasteiger partial charge in [0.05, 0.1) is 25.3 Å². The summed E-state index contributed by atoms with van der Waals surface area (Å²) >= 11 is 0. The van der Waals surface area contributed by atoms with Crippen molar-refractivity contribution in [3.63, 3.8) is 0 Å². The molecular formula is C22H21N3O5S. The van der Waals surface area contributed by atoms with Crippen molar-refractivity contribution in [2.45, 2.75) is 4.90 Å². The molecule has 2 N–H and O–H groups in total. The van der Waals surface area contributed by atoms with Gasteiger partial charge in [0.25, 0.3) is 15.9 Å². The summed E-state index contributed by atoms with van der Waals surface area (Å²) in [5.74, 6) is 0.701. The van der Waals surface area contributed by atoms with Crippen LogP contribution < -0.4 is 19.6 Å². The van der Waals surface area contributed by atoms with E-state index in [0.717, 1.165) is 0 Å². The van der Waals surface area contributed by atoms with Crippen molar-refractivity contribution in [2.24, 2.45) is 5.10 Å². The summed E-state index contributed by atoms with van der Waals surface area (Å²) in [6.45, 7) is 0. The van der Waals surface area contributed by atoms with Gasteiger partial charge in [-0.2, -0.15) is 5.10 Å². The Labute approximate surface area is 180 Å². The van der Waals surface area contributed by atoms with E-state index in [-0.39, 0.29) is 4.90 Å². The van der Waals surface area contributed by atoms with Gasteiger partial charge in [-0.05, 0) is 60.2 Å². The van der Waals surface area contributed by atoms with Gasteiger partial charge in [-0.3, -0.25) is 9.52 Å². The summed E-state index contributed by atoms with van der Waals surface area (Å²) in [5, 5.41) is 3.94. The number of ether oxygens (including phenoxy) is 2. The second-order valence-electron chi connectivity index (χ2n) is 6.31. The second-order valence-corrected chi connectivity index (χ2v) is 7.99. The molecule has 0 saturated carbocycles. The van der Waals surface area contributed by atoms with Gasteiger partial charge in [-0.25, -0.2) is 13.8 Å². The molecule has 8 nitrogen and oxygen atoms in total. The molecule has 1 amide bonds. The van der Waals surface area contributed by atoms with Crippen molar-refractivity contribution >= 4 is 27.8 Å². The molecule has 0 unspecified atom stereocenters. The molecule has 0 aliphatic heterocycles. The number of anilines is 1. The van der Waals surface area contributed by atoms with Crippen LogP contribution in [0, 0.1) is 0 Å². The number of rotatable bonds is 8. The summed E-state index contributed by atoms with van der Waals surface area (Å²) < 4.78 is 37.6. The average molecular weight is 439 g/mol. The van der Waals surface area contributed by atoms with Crippen molar-refractivity contribution in [1.29, 1.82) is 0 Å². The zero-order chi connectivity index (χ0) is 22.3. The predicted octanol–water partition coefficient (Wildman–Crippen LogP) is 3.27. The number of hydrogen-bond acceptors (Lipinski definition) is 6. The van der Waals surface area contributed by atoms with Gasteiger partial charge in [0.1, 0.15) is 0 Å². The molecule has 0 spiro atoms. The summed E-state index contributed by atoms with van der Waals surface area (Å²) in [4.78, 5) is 12.4. The monoisotopic (exact) mass is 439 g/mol. The lowest BCUT2D eigenvalue weighted by Crippen LogP contribution is -2.18. The van der Waals surface area contributed by atoms with E-state index in [9.17, 15) is 13.2 Å². The maximum absolute atomic E-state index is 12.4. The van der Waals surface area contributed by atoms with E-state index in [0.29, 0.717) is 28.3 Å². The van der Waals surface area contributed by atoms with Crippen LogP contribution in [0.15, 0.2) is 82.8 Å².